The number of benzene rings is 1. The van der Waals surface area contributed by atoms with Gasteiger partial charge in [-0.25, -0.2) is 4.39 Å². The van der Waals surface area contributed by atoms with E-state index in [9.17, 15) is 9.50 Å². The van der Waals surface area contributed by atoms with Crippen LogP contribution in [0.5, 0.6) is 5.75 Å². The van der Waals surface area contributed by atoms with Crippen LogP contribution >= 0.6 is 0 Å². The Balaban J connectivity index is 1.65. The minimum Gasteiger partial charge on any atom is -0.481 e. The van der Waals surface area contributed by atoms with Crippen LogP contribution in [-0.2, 0) is 6.61 Å². The second kappa shape index (κ2) is 5.20. The second-order valence-corrected chi connectivity index (χ2v) is 4.98. The first-order valence-electron chi connectivity index (χ1n) is 6.56. The van der Waals surface area contributed by atoms with Crippen LogP contribution in [0.25, 0.3) is 0 Å². The number of hydrogen-bond donors (Lipinski definition) is 1. The van der Waals surface area contributed by atoms with E-state index in [1.807, 2.05) is 0 Å². The van der Waals surface area contributed by atoms with Crippen molar-refractivity contribution in [1.29, 1.82) is 0 Å². The number of aromatic nitrogens is 2. The SMILES string of the molecule is C[C@H](O)c1ccc(OCc2nc(C3CC3)no2)c(F)c1. The number of aliphatic hydroxyl groups excluding tert-OH is 1. The maximum Gasteiger partial charge on any atom is 0.264 e. The lowest BCUT2D eigenvalue weighted by Gasteiger charge is -2.08. The smallest absolute Gasteiger partial charge is 0.264 e. The van der Waals surface area contributed by atoms with E-state index in [-0.39, 0.29) is 12.4 Å². The molecule has 1 fully saturated rings. The van der Waals surface area contributed by atoms with Crippen molar-refractivity contribution in [3.63, 3.8) is 0 Å². The van der Waals surface area contributed by atoms with Crippen LogP contribution in [0.1, 0.15) is 49.1 Å². The van der Waals surface area contributed by atoms with Gasteiger partial charge >= 0.3 is 0 Å². The van der Waals surface area contributed by atoms with Crippen LogP contribution < -0.4 is 4.74 Å². The first-order valence-corrected chi connectivity index (χ1v) is 6.56. The molecule has 0 aliphatic heterocycles. The van der Waals surface area contributed by atoms with Crippen molar-refractivity contribution in [3.8, 4) is 5.75 Å². The van der Waals surface area contributed by atoms with Gasteiger partial charge in [-0.1, -0.05) is 11.2 Å². The minimum absolute atomic E-state index is 0.0324. The lowest BCUT2D eigenvalue weighted by molar-refractivity contribution is 0.198. The Morgan fingerprint density at radius 3 is 2.95 bits per heavy atom. The zero-order chi connectivity index (χ0) is 14.1. The summed E-state index contributed by atoms with van der Waals surface area (Å²) in [5.74, 6) is 1.03. The standard InChI is InChI=1S/C14H15FN2O3/c1-8(18)10-4-5-12(11(15)6-10)19-7-13-16-14(17-20-13)9-2-3-9/h4-6,8-9,18H,2-3,7H2,1H3/t8-/m0/s1. The van der Waals surface area contributed by atoms with Gasteiger partial charge in [0.2, 0.25) is 0 Å². The molecule has 0 saturated heterocycles. The highest BCUT2D eigenvalue weighted by Crippen LogP contribution is 2.38. The van der Waals surface area contributed by atoms with E-state index < -0.39 is 11.9 Å². The van der Waals surface area contributed by atoms with Gasteiger partial charge in [-0.15, -0.1) is 0 Å². The molecule has 1 atom stereocenters. The number of hydrogen-bond acceptors (Lipinski definition) is 5. The van der Waals surface area contributed by atoms with Crippen LogP contribution in [0.2, 0.25) is 0 Å². The summed E-state index contributed by atoms with van der Waals surface area (Å²) in [6, 6.07) is 4.35. The van der Waals surface area contributed by atoms with Gasteiger partial charge in [0.25, 0.3) is 5.89 Å². The molecule has 1 aromatic carbocycles. The van der Waals surface area contributed by atoms with Gasteiger partial charge in [0.05, 0.1) is 6.10 Å². The zero-order valence-corrected chi connectivity index (χ0v) is 11.0. The molecule has 0 spiro atoms. The average Bonchev–Trinajstić information content (AvgIpc) is 3.17. The number of ether oxygens (including phenoxy) is 1. The molecule has 106 valence electrons. The molecule has 0 amide bonds. The summed E-state index contributed by atoms with van der Waals surface area (Å²) >= 11 is 0. The fraction of sp³-hybridized carbons (Fsp3) is 0.429. The van der Waals surface area contributed by atoms with Gasteiger partial charge < -0.3 is 14.4 Å². The molecule has 20 heavy (non-hydrogen) atoms. The Morgan fingerprint density at radius 2 is 2.30 bits per heavy atom. The third-order valence-electron chi connectivity index (χ3n) is 3.22. The maximum absolute atomic E-state index is 13.8. The van der Waals surface area contributed by atoms with Gasteiger partial charge in [0.15, 0.2) is 24.0 Å². The van der Waals surface area contributed by atoms with Crippen molar-refractivity contribution in [2.45, 2.75) is 38.4 Å². The minimum atomic E-state index is -0.712. The highest BCUT2D eigenvalue weighted by Gasteiger charge is 2.28. The van der Waals surface area contributed by atoms with Gasteiger partial charge in [-0.2, -0.15) is 4.98 Å². The first-order chi connectivity index (χ1) is 9.63. The molecule has 6 heteroatoms. The topological polar surface area (TPSA) is 68.4 Å². The molecule has 1 heterocycles. The number of aliphatic hydroxyl groups is 1. The highest BCUT2D eigenvalue weighted by molar-refractivity contribution is 5.30. The maximum atomic E-state index is 13.8. The molecule has 0 bridgehead atoms. The summed E-state index contributed by atoms with van der Waals surface area (Å²) in [5, 5.41) is 13.2. The second-order valence-electron chi connectivity index (χ2n) is 4.98. The van der Waals surface area contributed by atoms with Crippen LogP contribution in [-0.4, -0.2) is 15.2 Å². The number of rotatable bonds is 5. The van der Waals surface area contributed by atoms with Gasteiger partial charge in [0.1, 0.15) is 0 Å². The predicted molar refractivity (Wildman–Crippen MR) is 67.6 cm³/mol. The molecule has 1 aromatic heterocycles. The normalized spacial score (nSPS) is 16.1. The quantitative estimate of drug-likeness (QED) is 0.910. The van der Waals surface area contributed by atoms with Crippen molar-refractivity contribution < 1.29 is 18.8 Å². The van der Waals surface area contributed by atoms with E-state index in [0.717, 1.165) is 12.8 Å². The lowest BCUT2D eigenvalue weighted by atomic mass is 10.1. The van der Waals surface area contributed by atoms with E-state index in [1.165, 1.54) is 12.1 Å². The predicted octanol–water partition coefficient (Wildman–Crippen LogP) is 2.72. The van der Waals surface area contributed by atoms with Crippen molar-refractivity contribution >= 4 is 0 Å². The molecular formula is C14H15FN2O3. The van der Waals surface area contributed by atoms with Gasteiger partial charge in [-0.3, -0.25) is 0 Å². The van der Waals surface area contributed by atoms with E-state index in [4.69, 9.17) is 9.26 Å². The van der Waals surface area contributed by atoms with Gasteiger partial charge in [0, 0.05) is 5.92 Å². The van der Waals surface area contributed by atoms with E-state index in [2.05, 4.69) is 10.1 Å². The fourth-order valence-electron chi connectivity index (χ4n) is 1.87. The van der Waals surface area contributed by atoms with Crippen LogP contribution in [0.3, 0.4) is 0 Å². The molecule has 2 aromatic rings. The molecule has 1 saturated carbocycles. The summed E-state index contributed by atoms with van der Waals surface area (Å²) in [7, 11) is 0. The van der Waals surface area contributed by atoms with Crippen LogP contribution in [0, 0.1) is 5.82 Å². The van der Waals surface area contributed by atoms with E-state index in [1.54, 1.807) is 13.0 Å². The Morgan fingerprint density at radius 1 is 1.50 bits per heavy atom. The molecule has 5 nitrogen and oxygen atoms in total. The molecule has 0 unspecified atom stereocenters. The Labute approximate surface area is 115 Å². The summed E-state index contributed by atoms with van der Waals surface area (Å²) in [4.78, 5) is 4.20. The third kappa shape index (κ3) is 2.80. The summed E-state index contributed by atoms with van der Waals surface area (Å²) in [6.07, 6.45) is 1.47. The Bertz CT molecular complexity index is 608. The summed E-state index contributed by atoms with van der Waals surface area (Å²) < 4.78 is 24.1. The largest absolute Gasteiger partial charge is 0.481 e. The van der Waals surface area contributed by atoms with Gasteiger partial charge in [-0.05, 0) is 37.5 Å². The third-order valence-corrected chi connectivity index (χ3v) is 3.22. The molecule has 1 aliphatic rings. The van der Waals surface area contributed by atoms with Crippen LogP contribution in [0.15, 0.2) is 22.7 Å². The molecule has 1 aliphatic carbocycles. The van der Waals surface area contributed by atoms with E-state index >= 15 is 0 Å². The highest BCUT2D eigenvalue weighted by atomic mass is 19.1. The molecule has 0 radical (unpaired) electrons. The molecule has 1 N–H and O–H groups in total. The van der Waals surface area contributed by atoms with Crippen molar-refractivity contribution in [2.75, 3.05) is 0 Å². The summed E-state index contributed by atoms with van der Waals surface area (Å²) in [6.45, 7) is 1.61. The average molecular weight is 278 g/mol. The van der Waals surface area contributed by atoms with Crippen LogP contribution in [0.4, 0.5) is 4.39 Å². The monoisotopic (exact) mass is 278 g/mol. The molecule has 3 rings (SSSR count). The van der Waals surface area contributed by atoms with Crippen molar-refractivity contribution in [1.82, 2.24) is 10.1 Å². The van der Waals surface area contributed by atoms with Crippen molar-refractivity contribution in [3.05, 3.63) is 41.3 Å². The number of halogens is 1. The summed E-state index contributed by atoms with van der Waals surface area (Å²) in [5.41, 5.74) is 0.503. The Kier molecular flexibility index (Phi) is 3.40. The van der Waals surface area contributed by atoms with E-state index in [0.29, 0.717) is 23.2 Å². The fourth-order valence-corrected chi connectivity index (χ4v) is 1.87. The first kappa shape index (κ1) is 13.1. The zero-order valence-electron chi connectivity index (χ0n) is 11.0. The lowest BCUT2D eigenvalue weighted by Crippen LogP contribution is -1.99. The molecular weight excluding hydrogens is 263 g/mol. The number of nitrogens with zero attached hydrogens (tertiary/aromatic N) is 2. The Hall–Kier alpha value is -1.95. The van der Waals surface area contributed by atoms with Crippen molar-refractivity contribution in [2.24, 2.45) is 0 Å².